The Hall–Kier alpha value is -2.25. The molecule has 2 aromatic rings. The van der Waals surface area contributed by atoms with Crippen LogP contribution in [0.5, 0.6) is 5.88 Å². The van der Waals surface area contributed by atoms with Gasteiger partial charge in [0, 0.05) is 38.1 Å². The Morgan fingerprint density at radius 3 is 2.62 bits per heavy atom. The van der Waals surface area contributed by atoms with Crippen molar-refractivity contribution >= 4 is 0 Å². The van der Waals surface area contributed by atoms with Crippen LogP contribution in [0.3, 0.4) is 0 Å². The van der Waals surface area contributed by atoms with Gasteiger partial charge in [0.05, 0.1) is 0 Å². The molecule has 7 nitrogen and oxygen atoms in total. The molecular weight excluding hydrogens is 328 g/mol. The van der Waals surface area contributed by atoms with E-state index >= 15 is 0 Å². The third kappa shape index (κ3) is 6.24. The van der Waals surface area contributed by atoms with Crippen LogP contribution in [0.25, 0.3) is 5.82 Å². The lowest BCUT2D eigenvalue weighted by atomic mass is 10.2. The number of allylic oxidation sites excluding steroid dienone is 1. The van der Waals surface area contributed by atoms with E-state index in [0.717, 1.165) is 44.1 Å². The molecule has 7 heteroatoms. The molecule has 0 saturated carbocycles. The SMILES string of the molecule is C=CCC[C@@H](CN(C)CCN(C)C)Oc1ccc(-n2ccnc2C)nn1. The average molecular weight is 358 g/mol. The highest BCUT2D eigenvalue weighted by atomic mass is 16.5. The first-order valence-electron chi connectivity index (χ1n) is 8.94. The maximum atomic E-state index is 6.10. The van der Waals surface area contributed by atoms with Gasteiger partial charge in [0.2, 0.25) is 5.88 Å². The minimum Gasteiger partial charge on any atom is -0.472 e. The lowest BCUT2D eigenvalue weighted by Crippen LogP contribution is -2.37. The van der Waals surface area contributed by atoms with Crippen LogP contribution in [0.4, 0.5) is 0 Å². The van der Waals surface area contributed by atoms with E-state index < -0.39 is 0 Å². The van der Waals surface area contributed by atoms with Crippen LogP contribution in [0.1, 0.15) is 18.7 Å². The summed E-state index contributed by atoms with van der Waals surface area (Å²) in [6.07, 6.45) is 7.40. The van der Waals surface area contributed by atoms with Crippen LogP contribution < -0.4 is 4.74 Å². The van der Waals surface area contributed by atoms with Gasteiger partial charge in [0.15, 0.2) is 5.82 Å². The topological polar surface area (TPSA) is 59.3 Å². The van der Waals surface area contributed by atoms with E-state index in [1.807, 2.05) is 35.9 Å². The Labute approximate surface area is 156 Å². The summed E-state index contributed by atoms with van der Waals surface area (Å²) < 4.78 is 7.98. The van der Waals surface area contributed by atoms with Crippen molar-refractivity contribution in [2.45, 2.75) is 25.9 Å². The van der Waals surface area contributed by atoms with Crippen molar-refractivity contribution in [3.05, 3.63) is 43.0 Å². The largest absolute Gasteiger partial charge is 0.472 e. The molecule has 0 fully saturated rings. The fourth-order valence-electron chi connectivity index (χ4n) is 2.60. The van der Waals surface area contributed by atoms with E-state index in [9.17, 15) is 0 Å². The van der Waals surface area contributed by atoms with Crippen LogP contribution in [0, 0.1) is 6.92 Å². The number of ether oxygens (including phenoxy) is 1. The van der Waals surface area contributed by atoms with E-state index in [0.29, 0.717) is 5.88 Å². The molecule has 0 saturated heterocycles. The zero-order valence-corrected chi connectivity index (χ0v) is 16.3. The molecule has 0 aromatic carbocycles. The van der Waals surface area contributed by atoms with E-state index in [4.69, 9.17) is 4.74 Å². The Kier molecular flexibility index (Phi) is 7.74. The van der Waals surface area contributed by atoms with Crippen molar-refractivity contribution in [3.63, 3.8) is 0 Å². The van der Waals surface area contributed by atoms with Gasteiger partial charge in [-0.2, -0.15) is 0 Å². The summed E-state index contributed by atoms with van der Waals surface area (Å²) in [5.74, 6) is 2.15. The molecule has 0 unspecified atom stereocenters. The molecule has 0 amide bonds. The normalized spacial score (nSPS) is 12.5. The molecule has 0 aliphatic carbocycles. The first-order valence-corrected chi connectivity index (χ1v) is 8.94. The van der Waals surface area contributed by atoms with Crippen LogP contribution in [0.15, 0.2) is 37.2 Å². The molecule has 0 N–H and O–H groups in total. The zero-order valence-electron chi connectivity index (χ0n) is 16.3. The molecule has 2 heterocycles. The van der Waals surface area contributed by atoms with Gasteiger partial charge in [-0.05, 0) is 47.0 Å². The number of hydrogen-bond acceptors (Lipinski definition) is 6. The number of rotatable bonds is 11. The second-order valence-corrected chi connectivity index (χ2v) is 6.75. The van der Waals surface area contributed by atoms with Crippen LogP contribution in [-0.4, -0.2) is 76.4 Å². The fourth-order valence-corrected chi connectivity index (χ4v) is 2.60. The quantitative estimate of drug-likeness (QED) is 0.574. The molecule has 0 aliphatic heterocycles. The number of aromatic nitrogens is 4. The molecule has 0 aliphatic rings. The van der Waals surface area contributed by atoms with Gasteiger partial charge < -0.3 is 14.5 Å². The van der Waals surface area contributed by atoms with E-state index in [1.165, 1.54) is 0 Å². The molecule has 2 rings (SSSR count). The summed E-state index contributed by atoms with van der Waals surface area (Å²) in [6.45, 7) is 8.59. The smallest absolute Gasteiger partial charge is 0.233 e. The minimum atomic E-state index is 0.0512. The van der Waals surface area contributed by atoms with Gasteiger partial charge in [-0.3, -0.25) is 4.57 Å². The molecule has 0 radical (unpaired) electrons. The highest BCUT2D eigenvalue weighted by Crippen LogP contribution is 2.14. The molecule has 0 bridgehead atoms. The van der Waals surface area contributed by atoms with Gasteiger partial charge in [-0.25, -0.2) is 4.98 Å². The second kappa shape index (κ2) is 10.0. The van der Waals surface area contributed by atoms with Gasteiger partial charge in [-0.1, -0.05) is 6.08 Å². The van der Waals surface area contributed by atoms with Gasteiger partial charge in [0.25, 0.3) is 0 Å². The van der Waals surface area contributed by atoms with Gasteiger partial charge in [-0.15, -0.1) is 16.8 Å². The Balaban J connectivity index is 1.98. The van der Waals surface area contributed by atoms with Gasteiger partial charge >= 0.3 is 0 Å². The molecule has 0 spiro atoms. The Morgan fingerprint density at radius 2 is 2.04 bits per heavy atom. The lowest BCUT2D eigenvalue weighted by molar-refractivity contribution is 0.130. The Bertz CT molecular complexity index is 667. The lowest BCUT2D eigenvalue weighted by Gasteiger charge is -2.25. The summed E-state index contributed by atoms with van der Waals surface area (Å²) in [7, 11) is 6.28. The van der Waals surface area contributed by atoms with E-state index in [2.05, 4.69) is 52.7 Å². The Morgan fingerprint density at radius 1 is 1.23 bits per heavy atom. The number of likely N-dealkylation sites (N-methyl/N-ethyl adjacent to an activating group) is 2. The monoisotopic (exact) mass is 358 g/mol. The second-order valence-electron chi connectivity index (χ2n) is 6.75. The third-order valence-corrected chi connectivity index (χ3v) is 4.12. The highest BCUT2D eigenvalue weighted by molar-refractivity contribution is 5.25. The predicted molar refractivity (Wildman–Crippen MR) is 104 cm³/mol. The molecule has 26 heavy (non-hydrogen) atoms. The predicted octanol–water partition coefficient (Wildman–Crippen LogP) is 2.18. The molecular formula is C19H30N6O. The standard InChI is InChI=1S/C19H30N6O/c1-6-7-8-17(15-24(5)14-13-23(3)4)26-19-10-9-18(21-22-19)25-12-11-20-16(25)2/h6,9-12,17H,1,7-8,13-15H2,2-5H3/t17-/m0/s1. The summed E-state index contributed by atoms with van der Waals surface area (Å²) in [5, 5.41) is 8.49. The van der Waals surface area contributed by atoms with Crippen LogP contribution in [0.2, 0.25) is 0 Å². The van der Waals surface area contributed by atoms with Crippen LogP contribution in [-0.2, 0) is 0 Å². The summed E-state index contributed by atoms with van der Waals surface area (Å²) in [6, 6.07) is 3.76. The van der Waals surface area contributed by atoms with E-state index in [1.54, 1.807) is 6.20 Å². The zero-order chi connectivity index (χ0) is 18.9. The van der Waals surface area contributed by atoms with Crippen LogP contribution >= 0.6 is 0 Å². The maximum Gasteiger partial charge on any atom is 0.233 e. The van der Waals surface area contributed by atoms with E-state index in [-0.39, 0.29) is 6.10 Å². The minimum absolute atomic E-state index is 0.0512. The first kappa shape index (κ1) is 20.1. The molecule has 142 valence electrons. The summed E-state index contributed by atoms with van der Waals surface area (Å²) in [4.78, 5) is 8.67. The van der Waals surface area contributed by atoms with Crippen molar-refractivity contribution in [2.24, 2.45) is 0 Å². The third-order valence-electron chi connectivity index (χ3n) is 4.12. The summed E-state index contributed by atoms with van der Waals surface area (Å²) >= 11 is 0. The number of imidazole rings is 1. The number of aryl methyl sites for hydroxylation is 1. The number of nitrogens with zero attached hydrogens (tertiary/aromatic N) is 6. The summed E-state index contributed by atoms with van der Waals surface area (Å²) in [5.41, 5.74) is 0. The van der Waals surface area contributed by atoms with Crippen molar-refractivity contribution in [1.29, 1.82) is 0 Å². The van der Waals surface area contributed by atoms with Gasteiger partial charge in [0.1, 0.15) is 11.9 Å². The van der Waals surface area contributed by atoms with Crippen molar-refractivity contribution < 1.29 is 4.74 Å². The molecule has 2 aromatic heterocycles. The average Bonchev–Trinajstić information content (AvgIpc) is 3.04. The van der Waals surface area contributed by atoms with Crippen molar-refractivity contribution in [2.75, 3.05) is 40.8 Å². The first-order chi connectivity index (χ1) is 12.5. The fraction of sp³-hybridized carbons (Fsp3) is 0.526. The van der Waals surface area contributed by atoms with Crippen molar-refractivity contribution in [3.8, 4) is 11.7 Å². The maximum absolute atomic E-state index is 6.10. The highest BCUT2D eigenvalue weighted by Gasteiger charge is 2.14. The number of hydrogen-bond donors (Lipinski definition) is 0. The molecule has 1 atom stereocenters. The van der Waals surface area contributed by atoms with Crippen molar-refractivity contribution in [1.82, 2.24) is 29.5 Å².